The molecule has 2 N–H and O–H groups in total. The van der Waals surface area contributed by atoms with E-state index in [0.29, 0.717) is 11.6 Å². The Bertz CT molecular complexity index is 943. The van der Waals surface area contributed by atoms with Crippen LogP contribution >= 0.6 is 11.6 Å². The number of aromatic nitrogens is 1. The number of nitrogens with zero attached hydrogens (tertiary/aromatic N) is 1. The number of carbonyl (C=O) groups excluding carboxylic acids is 1. The first-order valence-electron chi connectivity index (χ1n) is 8.74. The maximum Gasteiger partial charge on any atom is 0.221 e. The summed E-state index contributed by atoms with van der Waals surface area (Å²) in [6.45, 7) is 2.41. The first-order valence-corrected chi connectivity index (χ1v) is 9.12. The number of pyridine rings is 1. The first-order chi connectivity index (χ1) is 13.0. The van der Waals surface area contributed by atoms with Crippen LogP contribution in [0.5, 0.6) is 5.75 Å². The fourth-order valence-corrected chi connectivity index (χ4v) is 3.33. The summed E-state index contributed by atoms with van der Waals surface area (Å²) in [6.07, 6.45) is 3.73. The Labute approximate surface area is 163 Å². The van der Waals surface area contributed by atoms with Crippen molar-refractivity contribution in [3.63, 3.8) is 0 Å². The van der Waals surface area contributed by atoms with Gasteiger partial charge in [0.25, 0.3) is 0 Å². The second-order valence-corrected chi connectivity index (χ2v) is 6.86. The van der Waals surface area contributed by atoms with Crippen molar-refractivity contribution in [2.45, 2.75) is 25.8 Å². The van der Waals surface area contributed by atoms with Gasteiger partial charge in [-0.3, -0.25) is 9.78 Å². The Balaban J connectivity index is 1.80. The van der Waals surface area contributed by atoms with E-state index in [1.54, 1.807) is 30.6 Å². The molecule has 27 heavy (non-hydrogen) atoms. The van der Waals surface area contributed by atoms with Crippen LogP contribution in [0.15, 0.2) is 67.0 Å². The van der Waals surface area contributed by atoms with Crippen molar-refractivity contribution in [2.75, 3.05) is 0 Å². The van der Waals surface area contributed by atoms with E-state index in [0.717, 1.165) is 22.3 Å². The summed E-state index contributed by atoms with van der Waals surface area (Å²) in [5.74, 6) is -0.166. The van der Waals surface area contributed by atoms with Gasteiger partial charge in [-0.1, -0.05) is 41.9 Å². The smallest absolute Gasteiger partial charge is 0.221 e. The van der Waals surface area contributed by atoms with Crippen molar-refractivity contribution in [3.05, 3.63) is 94.3 Å². The highest BCUT2D eigenvalue weighted by molar-refractivity contribution is 6.31. The van der Waals surface area contributed by atoms with Gasteiger partial charge in [0.05, 0.1) is 0 Å². The molecule has 0 saturated carbocycles. The molecular formula is C22H21ClN2O2. The van der Waals surface area contributed by atoms with Crippen molar-refractivity contribution < 1.29 is 9.90 Å². The van der Waals surface area contributed by atoms with Crippen molar-refractivity contribution in [1.82, 2.24) is 10.3 Å². The fourth-order valence-electron chi connectivity index (χ4n) is 3.06. The van der Waals surface area contributed by atoms with Gasteiger partial charge in [0.1, 0.15) is 5.75 Å². The standard InChI is InChI=1S/C22H21ClN2O2/c1-15-13-24-10-9-17(15)14-25-22(27)12-20(16-5-4-6-18(26)11-16)19-7-2-3-8-21(19)23/h2-11,13,20,26H,12,14H2,1H3,(H,25,27). The highest BCUT2D eigenvalue weighted by Crippen LogP contribution is 2.34. The van der Waals surface area contributed by atoms with E-state index in [9.17, 15) is 9.90 Å². The number of phenols is 1. The molecule has 1 amide bonds. The fraction of sp³-hybridized carbons (Fsp3) is 0.182. The second-order valence-electron chi connectivity index (χ2n) is 6.45. The lowest BCUT2D eigenvalue weighted by Crippen LogP contribution is -2.25. The molecule has 0 spiro atoms. The molecule has 0 saturated heterocycles. The van der Waals surface area contributed by atoms with Gasteiger partial charge < -0.3 is 10.4 Å². The minimum atomic E-state index is -0.246. The zero-order valence-electron chi connectivity index (χ0n) is 15.0. The predicted octanol–water partition coefficient (Wildman–Crippen LogP) is 4.59. The quantitative estimate of drug-likeness (QED) is 0.657. The molecule has 0 fully saturated rings. The molecule has 0 aliphatic heterocycles. The Kier molecular flexibility index (Phi) is 6.09. The van der Waals surface area contributed by atoms with Crippen molar-refractivity contribution in [2.24, 2.45) is 0 Å². The molecule has 3 rings (SSSR count). The third-order valence-corrected chi connectivity index (χ3v) is 4.90. The van der Waals surface area contributed by atoms with Crippen LogP contribution in [0.2, 0.25) is 5.02 Å². The van der Waals surface area contributed by atoms with E-state index in [2.05, 4.69) is 10.3 Å². The number of hydrogen-bond acceptors (Lipinski definition) is 3. The van der Waals surface area contributed by atoms with Crippen LogP contribution in [0.4, 0.5) is 0 Å². The number of aromatic hydroxyl groups is 1. The molecule has 5 heteroatoms. The summed E-state index contributed by atoms with van der Waals surface area (Å²) in [5, 5.41) is 13.4. The summed E-state index contributed by atoms with van der Waals surface area (Å²) in [7, 11) is 0. The van der Waals surface area contributed by atoms with Gasteiger partial charge in [-0.15, -0.1) is 0 Å². The van der Waals surface area contributed by atoms with Crippen LogP contribution in [0.1, 0.15) is 34.6 Å². The largest absolute Gasteiger partial charge is 0.508 e. The summed E-state index contributed by atoms with van der Waals surface area (Å²) in [6, 6.07) is 16.3. The number of carbonyl (C=O) groups is 1. The van der Waals surface area contributed by atoms with Crippen LogP contribution < -0.4 is 5.32 Å². The van der Waals surface area contributed by atoms with Gasteiger partial charge in [0, 0.05) is 36.3 Å². The Morgan fingerprint density at radius 2 is 2.00 bits per heavy atom. The molecule has 1 aromatic heterocycles. The van der Waals surface area contributed by atoms with Gasteiger partial charge in [-0.05, 0) is 53.4 Å². The van der Waals surface area contributed by atoms with Crippen LogP contribution in [0, 0.1) is 6.92 Å². The van der Waals surface area contributed by atoms with Crippen molar-refractivity contribution in [3.8, 4) is 5.75 Å². The average Bonchev–Trinajstić information content (AvgIpc) is 2.66. The molecule has 0 radical (unpaired) electrons. The van der Waals surface area contributed by atoms with Gasteiger partial charge in [-0.25, -0.2) is 0 Å². The molecule has 4 nitrogen and oxygen atoms in total. The second kappa shape index (κ2) is 8.69. The molecule has 1 atom stereocenters. The number of phenolic OH excluding ortho intramolecular Hbond substituents is 1. The zero-order valence-corrected chi connectivity index (χ0v) is 15.8. The summed E-state index contributed by atoms with van der Waals surface area (Å²) in [4.78, 5) is 16.7. The van der Waals surface area contributed by atoms with E-state index in [-0.39, 0.29) is 24.0 Å². The highest BCUT2D eigenvalue weighted by atomic mass is 35.5. The maximum absolute atomic E-state index is 12.6. The minimum Gasteiger partial charge on any atom is -0.508 e. The SMILES string of the molecule is Cc1cnccc1CNC(=O)CC(c1cccc(O)c1)c1ccccc1Cl. The average molecular weight is 381 g/mol. The molecule has 0 bridgehead atoms. The lowest BCUT2D eigenvalue weighted by atomic mass is 9.88. The molecule has 1 unspecified atom stereocenters. The van der Waals surface area contributed by atoms with E-state index in [4.69, 9.17) is 11.6 Å². The van der Waals surface area contributed by atoms with Gasteiger partial charge in [0.2, 0.25) is 5.91 Å². The number of rotatable bonds is 6. The molecule has 3 aromatic rings. The van der Waals surface area contributed by atoms with Gasteiger partial charge >= 0.3 is 0 Å². The zero-order chi connectivity index (χ0) is 19.2. The summed E-state index contributed by atoms with van der Waals surface area (Å²) in [5.41, 5.74) is 3.77. The Hall–Kier alpha value is -2.85. The number of hydrogen-bond donors (Lipinski definition) is 2. The van der Waals surface area contributed by atoms with Gasteiger partial charge in [-0.2, -0.15) is 0 Å². The summed E-state index contributed by atoms with van der Waals surface area (Å²) < 4.78 is 0. The third kappa shape index (κ3) is 4.86. The number of halogens is 1. The predicted molar refractivity (Wildman–Crippen MR) is 107 cm³/mol. The lowest BCUT2D eigenvalue weighted by Gasteiger charge is -2.19. The number of amides is 1. The van der Waals surface area contributed by atoms with E-state index in [1.807, 2.05) is 43.3 Å². The van der Waals surface area contributed by atoms with E-state index >= 15 is 0 Å². The first kappa shape index (κ1) is 18.9. The van der Waals surface area contributed by atoms with Crippen LogP contribution in [-0.4, -0.2) is 16.0 Å². The molecule has 138 valence electrons. The number of nitrogens with one attached hydrogen (secondary N) is 1. The van der Waals surface area contributed by atoms with E-state index < -0.39 is 0 Å². The maximum atomic E-state index is 12.6. The van der Waals surface area contributed by atoms with E-state index in [1.165, 1.54) is 0 Å². The van der Waals surface area contributed by atoms with Gasteiger partial charge in [0.15, 0.2) is 0 Å². The van der Waals surface area contributed by atoms with Crippen LogP contribution in [0.25, 0.3) is 0 Å². The van der Waals surface area contributed by atoms with Crippen LogP contribution in [0.3, 0.4) is 0 Å². The van der Waals surface area contributed by atoms with Crippen molar-refractivity contribution in [1.29, 1.82) is 0 Å². The Morgan fingerprint density at radius 3 is 2.74 bits per heavy atom. The summed E-state index contributed by atoms with van der Waals surface area (Å²) >= 11 is 6.38. The van der Waals surface area contributed by atoms with Crippen LogP contribution in [-0.2, 0) is 11.3 Å². The van der Waals surface area contributed by atoms with Crippen molar-refractivity contribution >= 4 is 17.5 Å². The lowest BCUT2D eigenvalue weighted by molar-refractivity contribution is -0.121. The molecule has 1 heterocycles. The molecule has 0 aliphatic rings. The Morgan fingerprint density at radius 1 is 1.19 bits per heavy atom. The minimum absolute atomic E-state index is 0.0838. The normalized spacial score (nSPS) is 11.8. The third-order valence-electron chi connectivity index (χ3n) is 4.56. The topological polar surface area (TPSA) is 62.2 Å². The number of aryl methyl sites for hydroxylation is 1. The monoisotopic (exact) mass is 380 g/mol. The molecule has 0 aliphatic carbocycles. The number of benzene rings is 2. The molecule has 2 aromatic carbocycles. The highest BCUT2D eigenvalue weighted by Gasteiger charge is 2.21. The molecular weight excluding hydrogens is 360 g/mol.